The molecule has 9 heteroatoms. The minimum atomic E-state index is -0.246. The van der Waals surface area contributed by atoms with Crippen molar-refractivity contribution in [1.29, 1.82) is 0 Å². The molecule has 0 atom stereocenters. The van der Waals surface area contributed by atoms with Crippen molar-refractivity contribution in [2.24, 2.45) is 0 Å². The Balaban J connectivity index is 1.34. The number of hydrogen-bond acceptors (Lipinski definition) is 8. The Morgan fingerprint density at radius 3 is 2.78 bits per heavy atom. The second kappa shape index (κ2) is 9.16. The Hall–Kier alpha value is -4.11. The molecule has 7 nitrogen and oxygen atoms in total. The minimum absolute atomic E-state index is 0.246. The van der Waals surface area contributed by atoms with Gasteiger partial charge in [0.05, 0.1) is 6.54 Å². The number of pyridine rings is 1. The van der Waals surface area contributed by atoms with Crippen molar-refractivity contribution in [3.05, 3.63) is 89.3 Å². The van der Waals surface area contributed by atoms with Gasteiger partial charge in [-0.05, 0) is 48.4 Å². The van der Waals surface area contributed by atoms with Gasteiger partial charge >= 0.3 is 0 Å². The molecule has 180 valence electrons. The van der Waals surface area contributed by atoms with Gasteiger partial charge in [0.25, 0.3) is 0 Å². The summed E-state index contributed by atoms with van der Waals surface area (Å²) >= 11 is 1.38. The summed E-state index contributed by atoms with van der Waals surface area (Å²) < 4.78 is 19.5. The zero-order valence-corrected chi connectivity index (χ0v) is 20.4. The SMILES string of the molecule is Cc1ncnc(N2CCOc3ccc(-c4cnc5sc(N)nc5c4)cc3C2)c1Cc1ccc(F)cc1. The van der Waals surface area contributed by atoms with E-state index in [0.717, 1.165) is 55.4 Å². The summed E-state index contributed by atoms with van der Waals surface area (Å²) in [5, 5.41) is 0.511. The first-order chi connectivity index (χ1) is 17.5. The summed E-state index contributed by atoms with van der Waals surface area (Å²) in [6.07, 6.45) is 4.07. The van der Waals surface area contributed by atoms with E-state index in [1.807, 2.05) is 31.3 Å². The van der Waals surface area contributed by atoms with Crippen LogP contribution in [0.1, 0.15) is 22.4 Å². The third-order valence-electron chi connectivity index (χ3n) is 6.37. The first kappa shape index (κ1) is 22.4. The molecule has 36 heavy (non-hydrogen) atoms. The maximum Gasteiger partial charge on any atom is 0.182 e. The smallest absolute Gasteiger partial charge is 0.182 e. The normalized spacial score (nSPS) is 13.3. The number of nitrogen functional groups attached to an aromatic ring is 1. The van der Waals surface area contributed by atoms with Gasteiger partial charge in [-0.2, -0.15) is 0 Å². The van der Waals surface area contributed by atoms with Gasteiger partial charge in [0.15, 0.2) is 5.13 Å². The fraction of sp³-hybridized carbons (Fsp3) is 0.185. The molecular formula is C27H23FN6OS. The van der Waals surface area contributed by atoms with Crippen molar-refractivity contribution < 1.29 is 9.13 Å². The van der Waals surface area contributed by atoms with E-state index in [0.29, 0.717) is 31.2 Å². The molecule has 0 unspecified atom stereocenters. The molecule has 5 aromatic rings. The molecule has 3 aromatic heterocycles. The molecule has 0 amide bonds. The maximum atomic E-state index is 13.4. The molecule has 0 saturated heterocycles. The molecule has 0 bridgehead atoms. The molecule has 6 rings (SSSR count). The number of ether oxygens (including phenoxy) is 1. The average Bonchev–Trinajstić information content (AvgIpc) is 3.12. The molecular weight excluding hydrogens is 475 g/mol. The predicted molar refractivity (Wildman–Crippen MR) is 140 cm³/mol. The monoisotopic (exact) mass is 498 g/mol. The highest BCUT2D eigenvalue weighted by atomic mass is 32.1. The van der Waals surface area contributed by atoms with Crippen LogP contribution in [0.15, 0.2) is 61.1 Å². The first-order valence-electron chi connectivity index (χ1n) is 11.6. The van der Waals surface area contributed by atoms with Gasteiger partial charge < -0.3 is 15.4 Å². The molecule has 4 heterocycles. The lowest BCUT2D eigenvalue weighted by Crippen LogP contribution is -2.28. The van der Waals surface area contributed by atoms with Crippen molar-refractivity contribution in [3.8, 4) is 16.9 Å². The highest BCUT2D eigenvalue weighted by Crippen LogP contribution is 2.33. The zero-order chi connectivity index (χ0) is 24.6. The number of halogens is 1. The number of aromatic nitrogens is 4. The molecule has 1 aliphatic rings. The Labute approximate surface area is 211 Å². The van der Waals surface area contributed by atoms with E-state index in [2.05, 4.69) is 30.9 Å². The standard InChI is InChI=1S/C27H23FN6OS/c1-16-22(10-17-2-5-21(28)6-3-17)25(32-15-31-16)34-8-9-35-24-7-4-18(11-20(24)14-34)19-12-23-26(30-13-19)36-27(29)33-23/h2-7,11-13,15H,8-10,14H2,1H3,(H2,29,33). The van der Waals surface area contributed by atoms with E-state index < -0.39 is 0 Å². The lowest BCUT2D eigenvalue weighted by Gasteiger charge is -2.24. The number of thiazole rings is 1. The zero-order valence-electron chi connectivity index (χ0n) is 19.6. The summed E-state index contributed by atoms with van der Waals surface area (Å²) in [5.41, 5.74) is 12.7. The summed E-state index contributed by atoms with van der Waals surface area (Å²) in [6, 6.07) is 14.8. The van der Waals surface area contributed by atoms with Crippen molar-refractivity contribution in [1.82, 2.24) is 19.9 Å². The van der Waals surface area contributed by atoms with Crippen LogP contribution < -0.4 is 15.4 Å². The number of hydrogen-bond donors (Lipinski definition) is 1. The second-order valence-corrected chi connectivity index (χ2v) is 9.77. The number of rotatable bonds is 4. The lowest BCUT2D eigenvalue weighted by atomic mass is 10.0. The highest BCUT2D eigenvalue weighted by Gasteiger charge is 2.21. The molecule has 0 fully saturated rings. The number of nitrogens with two attached hydrogens (primary N) is 1. The maximum absolute atomic E-state index is 13.4. The molecule has 0 aliphatic carbocycles. The first-order valence-corrected chi connectivity index (χ1v) is 12.4. The van der Waals surface area contributed by atoms with Crippen LogP contribution in [0.4, 0.5) is 15.3 Å². The summed E-state index contributed by atoms with van der Waals surface area (Å²) in [4.78, 5) is 21.1. The van der Waals surface area contributed by atoms with Gasteiger partial charge in [0.1, 0.15) is 40.7 Å². The Bertz CT molecular complexity index is 1570. The molecule has 0 radical (unpaired) electrons. The van der Waals surface area contributed by atoms with E-state index in [1.54, 1.807) is 18.5 Å². The number of aryl methyl sites for hydroxylation is 1. The predicted octanol–water partition coefficient (Wildman–Crippen LogP) is 5.17. The van der Waals surface area contributed by atoms with E-state index in [4.69, 9.17) is 10.5 Å². The fourth-order valence-corrected chi connectivity index (χ4v) is 5.18. The average molecular weight is 499 g/mol. The molecule has 0 spiro atoms. The number of nitrogens with zero attached hydrogens (tertiary/aromatic N) is 5. The van der Waals surface area contributed by atoms with Crippen LogP contribution >= 0.6 is 11.3 Å². The Morgan fingerprint density at radius 1 is 1.06 bits per heavy atom. The summed E-state index contributed by atoms with van der Waals surface area (Å²) in [5.74, 6) is 1.48. The minimum Gasteiger partial charge on any atom is -0.491 e. The molecule has 1 aliphatic heterocycles. The fourth-order valence-electron chi connectivity index (χ4n) is 4.53. The van der Waals surface area contributed by atoms with E-state index in [9.17, 15) is 4.39 Å². The van der Waals surface area contributed by atoms with E-state index >= 15 is 0 Å². The molecule has 2 N–H and O–H groups in total. The van der Waals surface area contributed by atoms with Gasteiger partial charge in [0, 0.05) is 41.5 Å². The number of benzene rings is 2. The quantitative estimate of drug-likeness (QED) is 0.366. The Kier molecular flexibility index (Phi) is 5.69. The van der Waals surface area contributed by atoms with Crippen molar-refractivity contribution in [2.75, 3.05) is 23.8 Å². The van der Waals surface area contributed by atoms with E-state index in [1.165, 1.54) is 23.5 Å². The number of anilines is 2. The molecule has 0 saturated carbocycles. The third-order valence-corrected chi connectivity index (χ3v) is 7.18. The van der Waals surface area contributed by atoms with Crippen LogP contribution in [0.25, 0.3) is 21.5 Å². The van der Waals surface area contributed by atoms with Gasteiger partial charge in [0.2, 0.25) is 0 Å². The summed E-state index contributed by atoms with van der Waals surface area (Å²) in [6.45, 7) is 3.84. The van der Waals surface area contributed by atoms with Gasteiger partial charge in [-0.15, -0.1) is 0 Å². The lowest BCUT2D eigenvalue weighted by molar-refractivity contribution is 0.331. The number of fused-ring (bicyclic) bond motifs is 2. The Morgan fingerprint density at radius 2 is 1.92 bits per heavy atom. The van der Waals surface area contributed by atoms with Crippen LogP contribution in [-0.2, 0) is 13.0 Å². The van der Waals surface area contributed by atoms with Crippen LogP contribution in [0.2, 0.25) is 0 Å². The van der Waals surface area contributed by atoms with Crippen molar-refractivity contribution >= 4 is 32.6 Å². The molecule has 2 aromatic carbocycles. The van der Waals surface area contributed by atoms with Gasteiger partial charge in [-0.3, -0.25) is 0 Å². The second-order valence-electron chi connectivity index (χ2n) is 8.76. The van der Waals surface area contributed by atoms with Crippen molar-refractivity contribution in [2.45, 2.75) is 19.9 Å². The van der Waals surface area contributed by atoms with Crippen LogP contribution in [0.5, 0.6) is 5.75 Å². The van der Waals surface area contributed by atoms with Crippen LogP contribution in [-0.4, -0.2) is 33.1 Å². The topological polar surface area (TPSA) is 90.0 Å². The largest absolute Gasteiger partial charge is 0.491 e. The van der Waals surface area contributed by atoms with Crippen LogP contribution in [0.3, 0.4) is 0 Å². The van der Waals surface area contributed by atoms with Gasteiger partial charge in [-0.25, -0.2) is 24.3 Å². The van der Waals surface area contributed by atoms with Crippen LogP contribution in [0, 0.1) is 12.7 Å². The third kappa shape index (κ3) is 4.33. The van der Waals surface area contributed by atoms with E-state index in [-0.39, 0.29) is 5.82 Å². The summed E-state index contributed by atoms with van der Waals surface area (Å²) in [7, 11) is 0. The van der Waals surface area contributed by atoms with Crippen molar-refractivity contribution in [3.63, 3.8) is 0 Å². The van der Waals surface area contributed by atoms with Gasteiger partial charge in [-0.1, -0.05) is 29.5 Å². The highest BCUT2D eigenvalue weighted by molar-refractivity contribution is 7.21.